The van der Waals surface area contributed by atoms with Crippen LogP contribution in [0.4, 0.5) is 0 Å². The Hall–Kier alpha value is -3.05. The average molecular weight is 369 g/mol. The Morgan fingerprint density at radius 3 is 2.50 bits per heavy atom. The Morgan fingerprint density at radius 1 is 1.12 bits per heavy atom. The number of ether oxygens (including phenoxy) is 1. The van der Waals surface area contributed by atoms with Gasteiger partial charge in [-0.1, -0.05) is 23.7 Å². The monoisotopic (exact) mass is 368 g/mol. The maximum Gasteiger partial charge on any atom is 0.271 e. The molecule has 0 unspecified atom stereocenters. The third-order valence-corrected chi connectivity index (χ3v) is 3.81. The number of benzene rings is 2. The van der Waals surface area contributed by atoms with Crippen molar-refractivity contribution >= 4 is 23.7 Å². The molecule has 2 aromatic carbocycles. The van der Waals surface area contributed by atoms with Gasteiger partial charge in [-0.25, -0.2) is 5.43 Å². The first-order valence-electron chi connectivity index (χ1n) is 7.97. The van der Waals surface area contributed by atoms with Crippen molar-refractivity contribution in [3.63, 3.8) is 0 Å². The van der Waals surface area contributed by atoms with Gasteiger partial charge in [0.05, 0.1) is 6.21 Å². The third-order valence-electron chi connectivity index (χ3n) is 3.55. The molecule has 6 heteroatoms. The van der Waals surface area contributed by atoms with Crippen LogP contribution in [-0.2, 0) is 6.61 Å². The van der Waals surface area contributed by atoms with Crippen LogP contribution in [0.5, 0.6) is 5.75 Å². The summed E-state index contributed by atoms with van der Waals surface area (Å²) in [4.78, 5) is 12.1. The summed E-state index contributed by atoms with van der Waals surface area (Å²) in [6.45, 7) is 2.24. The van der Waals surface area contributed by atoms with Crippen molar-refractivity contribution in [3.05, 3.63) is 88.3 Å². The van der Waals surface area contributed by atoms with Gasteiger partial charge in [0.2, 0.25) is 0 Å². The second kappa shape index (κ2) is 8.36. The number of carbonyl (C=O) groups excluding carboxylic acids is 1. The van der Waals surface area contributed by atoms with E-state index in [4.69, 9.17) is 20.8 Å². The molecule has 0 aliphatic carbocycles. The number of nitrogens with one attached hydrogen (secondary N) is 1. The van der Waals surface area contributed by atoms with Crippen molar-refractivity contribution < 1.29 is 13.9 Å². The summed E-state index contributed by atoms with van der Waals surface area (Å²) in [6.07, 6.45) is 1.46. The molecule has 0 saturated carbocycles. The van der Waals surface area contributed by atoms with Crippen molar-refractivity contribution in [2.45, 2.75) is 13.5 Å². The fourth-order valence-corrected chi connectivity index (χ4v) is 2.32. The van der Waals surface area contributed by atoms with Crippen LogP contribution < -0.4 is 10.2 Å². The second-order valence-electron chi connectivity index (χ2n) is 5.59. The van der Waals surface area contributed by atoms with Crippen LogP contribution >= 0.6 is 11.6 Å². The van der Waals surface area contributed by atoms with E-state index in [-0.39, 0.29) is 5.91 Å². The number of hydrogen-bond acceptors (Lipinski definition) is 4. The Labute approximate surface area is 156 Å². The molecule has 0 fully saturated rings. The summed E-state index contributed by atoms with van der Waals surface area (Å²) < 4.78 is 11.0. The van der Waals surface area contributed by atoms with Gasteiger partial charge in [0.15, 0.2) is 0 Å². The second-order valence-corrected chi connectivity index (χ2v) is 6.02. The first-order valence-corrected chi connectivity index (χ1v) is 8.35. The molecule has 0 aliphatic rings. The zero-order chi connectivity index (χ0) is 18.4. The van der Waals surface area contributed by atoms with Gasteiger partial charge in [-0.15, -0.1) is 0 Å². The smallest absolute Gasteiger partial charge is 0.271 e. The summed E-state index contributed by atoms with van der Waals surface area (Å²) in [5.74, 6) is 1.81. The van der Waals surface area contributed by atoms with Crippen molar-refractivity contribution in [1.82, 2.24) is 5.43 Å². The number of amides is 1. The summed E-state index contributed by atoms with van der Waals surface area (Å²) >= 11 is 5.84. The zero-order valence-electron chi connectivity index (χ0n) is 14.1. The first kappa shape index (κ1) is 17.8. The molecule has 0 atom stereocenters. The van der Waals surface area contributed by atoms with Gasteiger partial charge in [0, 0.05) is 10.6 Å². The largest absolute Gasteiger partial charge is 0.489 e. The minimum Gasteiger partial charge on any atom is -0.489 e. The number of hydrazone groups is 1. The van der Waals surface area contributed by atoms with Gasteiger partial charge in [-0.3, -0.25) is 4.79 Å². The molecule has 0 bridgehead atoms. The molecule has 0 aliphatic heterocycles. The normalized spacial score (nSPS) is 10.8. The fraction of sp³-hybridized carbons (Fsp3) is 0.100. The molecule has 3 aromatic rings. The molecule has 0 saturated heterocycles. The van der Waals surface area contributed by atoms with Crippen molar-refractivity contribution in [1.29, 1.82) is 0 Å². The van der Waals surface area contributed by atoms with Crippen LogP contribution in [0.3, 0.4) is 0 Å². The average Bonchev–Trinajstić information content (AvgIpc) is 3.07. The number of nitrogens with zero attached hydrogens (tertiary/aromatic N) is 1. The molecule has 26 heavy (non-hydrogen) atoms. The Kier molecular flexibility index (Phi) is 5.71. The molecule has 3 rings (SSSR count). The van der Waals surface area contributed by atoms with E-state index in [2.05, 4.69) is 10.5 Å². The molecule has 1 N–H and O–H groups in total. The van der Waals surface area contributed by atoms with Gasteiger partial charge < -0.3 is 9.15 Å². The molecule has 1 heterocycles. The van der Waals surface area contributed by atoms with Crippen LogP contribution in [0.25, 0.3) is 0 Å². The predicted octanol–water partition coefficient (Wildman–Crippen LogP) is 4.58. The number of furan rings is 1. The van der Waals surface area contributed by atoms with Gasteiger partial charge in [-0.05, 0) is 61.0 Å². The molecule has 0 radical (unpaired) electrons. The van der Waals surface area contributed by atoms with Crippen LogP contribution in [-0.4, -0.2) is 12.1 Å². The molecule has 1 aromatic heterocycles. The van der Waals surface area contributed by atoms with Crippen molar-refractivity contribution in [2.24, 2.45) is 5.10 Å². The van der Waals surface area contributed by atoms with E-state index in [1.165, 1.54) is 6.21 Å². The number of carbonyl (C=O) groups is 1. The van der Waals surface area contributed by atoms with Crippen LogP contribution in [0.2, 0.25) is 5.02 Å². The highest BCUT2D eigenvalue weighted by Crippen LogP contribution is 2.17. The lowest BCUT2D eigenvalue weighted by Crippen LogP contribution is -2.17. The van der Waals surface area contributed by atoms with E-state index in [1.807, 2.05) is 37.3 Å². The standard InChI is InChI=1S/C20H17ClN2O3/c1-14-2-9-19(26-14)12-22-23-20(24)16-5-3-15(4-6-16)13-25-18-10-7-17(21)8-11-18/h2-12H,13H2,1H3,(H,23,24)/b22-12+. The van der Waals surface area contributed by atoms with E-state index >= 15 is 0 Å². The van der Waals surface area contributed by atoms with Gasteiger partial charge in [-0.2, -0.15) is 5.10 Å². The van der Waals surface area contributed by atoms with E-state index in [9.17, 15) is 4.79 Å². The zero-order valence-corrected chi connectivity index (χ0v) is 14.9. The third kappa shape index (κ3) is 4.97. The Balaban J connectivity index is 1.52. The van der Waals surface area contributed by atoms with Crippen molar-refractivity contribution in [3.8, 4) is 5.75 Å². The Morgan fingerprint density at radius 2 is 1.85 bits per heavy atom. The minimum absolute atomic E-state index is 0.297. The lowest BCUT2D eigenvalue weighted by Gasteiger charge is -2.07. The first-order chi connectivity index (χ1) is 12.6. The van der Waals surface area contributed by atoms with Gasteiger partial charge in [0.25, 0.3) is 5.91 Å². The van der Waals surface area contributed by atoms with E-state index in [0.717, 1.165) is 17.1 Å². The van der Waals surface area contributed by atoms with Gasteiger partial charge in [0.1, 0.15) is 23.9 Å². The summed E-state index contributed by atoms with van der Waals surface area (Å²) in [6, 6.07) is 17.9. The lowest BCUT2D eigenvalue weighted by molar-refractivity contribution is 0.0955. The number of hydrogen-bond donors (Lipinski definition) is 1. The predicted molar refractivity (Wildman–Crippen MR) is 101 cm³/mol. The van der Waals surface area contributed by atoms with E-state index < -0.39 is 0 Å². The van der Waals surface area contributed by atoms with Gasteiger partial charge >= 0.3 is 0 Å². The highest BCUT2D eigenvalue weighted by Gasteiger charge is 2.05. The fourth-order valence-electron chi connectivity index (χ4n) is 2.19. The highest BCUT2D eigenvalue weighted by molar-refractivity contribution is 6.30. The number of rotatable bonds is 6. The van der Waals surface area contributed by atoms with E-state index in [0.29, 0.717) is 23.0 Å². The molecule has 132 valence electrons. The van der Waals surface area contributed by atoms with Crippen LogP contribution in [0, 0.1) is 6.92 Å². The van der Waals surface area contributed by atoms with Crippen molar-refractivity contribution in [2.75, 3.05) is 0 Å². The van der Waals surface area contributed by atoms with Crippen LogP contribution in [0.1, 0.15) is 27.4 Å². The maximum absolute atomic E-state index is 12.1. The molecule has 0 spiro atoms. The quantitative estimate of drug-likeness (QED) is 0.511. The Bertz CT molecular complexity index is 900. The summed E-state index contributed by atoms with van der Waals surface area (Å²) in [5.41, 5.74) is 3.92. The highest BCUT2D eigenvalue weighted by atomic mass is 35.5. The molecular formula is C20H17ClN2O3. The topological polar surface area (TPSA) is 63.8 Å². The minimum atomic E-state index is -0.297. The molecular weight excluding hydrogens is 352 g/mol. The summed E-state index contributed by atoms with van der Waals surface area (Å²) in [5, 5.41) is 4.55. The number of halogens is 1. The van der Waals surface area contributed by atoms with Crippen LogP contribution in [0.15, 0.2) is 70.2 Å². The van der Waals surface area contributed by atoms with E-state index in [1.54, 1.807) is 30.3 Å². The maximum atomic E-state index is 12.1. The lowest BCUT2D eigenvalue weighted by atomic mass is 10.1. The molecule has 5 nitrogen and oxygen atoms in total. The molecule has 1 amide bonds. The summed E-state index contributed by atoms with van der Waals surface area (Å²) in [7, 11) is 0. The number of aryl methyl sites for hydroxylation is 1. The SMILES string of the molecule is Cc1ccc(/C=N/NC(=O)c2ccc(COc3ccc(Cl)cc3)cc2)o1.